The first-order valence-electron chi connectivity index (χ1n) is 2.10. The lowest BCUT2D eigenvalue weighted by molar-refractivity contribution is 0.827. The number of hydrogen-bond donors (Lipinski definition) is 0. The second kappa shape index (κ2) is 10.4. The molecule has 0 aromatic carbocycles. The van der Waals surface area contributed by atoms with Crippen LogP contribution in [0.2, 0.25) is 0 Å². The quantitative estimate of drug-likeness (QED) is 0.468. The average Bonchev–Trinajstić information content (AvgIpc) is 1.33. The molecule has 0 N–H and O–H groups in total. The summed E-state index contributed by atoms with van der Waals surface area (Å²) in [5.41, 5.74) is 0. The van der Waals surface area contributed by atoms with E-state index < -0.39 is 18.2 Å². The van der Waals surface area contributed by atoms with Gasteiger partial charge in [0.25, 0.3) is 0 Å². The molecule has 0 saturated carbocycles. The van der Waals surface area contributed by atoms with Gasteiger partial charge in [0.05, 0.1) is 0 Å². The Morgan fingerprint density at radius 3 is 1.43 bits per heavy atom. The maximum Gasteiger partial charge on any atom is 0.618 e. The molecule has 3 heteroatoms. The first-order valence-corrected chi connectivity index (χ1v) is 6.37. The molecule has 0 heterocycles. The van der Waals surface area contributed by atoms with Crippen molar-refractivity contribution in [1.29, 1.82) is 0 Å². The number of halogens is 2. The predicted octanol–water partition coefficient (Wildman–Crippen LogP) is 2.47. The highest BCUT2D eigenvalue weighted by Gasteiger charge is 1.68. The zero-order valence-corrected chi connectivity index (χ0v) is 7.67. The van der Waals surface area contributed by atoms with E-state index in [9.17, 15) is 0 Å². The Morgan fingerprint density at radius 1 is 1.43 bits per heavy atom. The Labute approximate surface area is 62.8 Å². The van der Waals surface area contributed by atoms with E-state index >= 15 is 0 Å². The fourth-order valence-corrected chi connectivity index (χ4v) is 0. The van der Waals surface area contributed by atoms with Crippen molar-refractivity contribution in [2.45, 2.75) is 13.8 Å². The highest BCUT2D eigenvalue weighted by molar-refractivity contribution is 7.22. The molecule has 1 radical (unpaired) electrons. The van der Waals surface area contributed by atoms with Crippen LogP contribution in [0.5, 0.6) is 0 Å². The first kappa shape index (κ1) is 11.2. The van der Waals surface area contributed by atoms with Crippen molar-refractivity contribution >= 4 is 36.3 Å². The van der Waals surface area contributed by atoms with Crippen LogP contribution < -0.4 is 0 Å². The van der Waals surface area contributed by atoms with E-state index in [1.54, 1.807) is 0 Å². The molecule has 0 atom stereocenters. The monoisotopic (exact) mass is 151 g/mol. The first-order chi connectivity index (χ1) is 3.15. The molecule has 0 spiro atoms. The highest BCUT2D eigenvalue weighted by Crippen LogP contribution is 1.80. The molecule has 0 aromatic rings. The zero-order chi connectivity index (χ0) is 6.28. The van der Waals surface area contributed by atoms with Gasteiger partial charge in [0, 0.05) is 0 Å². The Kier molecular flexibility index (Phi) is 16.5. The molecule has 7 heavy (non-hydrogen) atoms. The van der Waals surface area contributed by atoms with Crippen molar-refractivity contribution in [2.24, 2.45) is 5.92 Å². The van der Waals surface area contributed by atoms with E-state index in [0.717, 1.165) is 0 Å². The van der Waals surface area contributed by atoms with Crippen molar-refractivity contribution in [3.63, 3.8) is 0 Å². The van der Waals surface area contributed by atoms with Gasteiger partial charge in [-0.1, -0.05) is 20.8 Å². The van der Waals surface area contributed by atoms with Gasteiger partial charge >= 0.3 is 18.2 Å². The molecular formula is C4H9Cl2Mg. The molecule has 0 fully saturated rings. The standard InChI is InChI=1S/C4H9.2ClH.Mg/c1-4(2)3;;;/h4H,1H2,2-3H3;2*1H;/q;;;+2/p-2. The SMILES string of the molecule is [CH2]C(C)C.[Cl][Mg][Cl]. The summed E-state index contributed by atoms with van der Waals surface area (Å²) < 4.78 is 0. The highest BCUT2D eigenvalue weighted by atomic mass is 35.6. The number of hydrogen-bond acceptors (Lipinski definition) is 0. The van der Waals surface area contributed by atoms with Crippen LogP contribution in [-0.2, 0) is 0 Å². The summed E-state index contributed by atoms with van der Waals surface area (Å²) >= 11 is -0.639. The van der Waals surface area contributed by atoms with Gasteiger partial charge in [0.15, 0.2) is 0 Å². The molecule has 0 aliphatic carbocycles. The van der Waals surface area contributed by atoms with Crippen molar-refractivity contribution in [3.8, 4) is 0 Å². The summed E-state index contributed by atoms with van der Waals surface area (Å²) in [5, 5.41) is 0. The minimum Gasteiger partial charge on any atom is -0.309 e. The van der Waals surface area contributed by atoms with E-state index in [-0.39, 0.29) is 0 Å². The third-order valence-corrected chi connectivity index (χ3v) is 0. The zero-order valence-electron chi connectivity index (χ0n) is 4.75. The van der Waals surface area contributed by atoms with Crippen LogP contribution in [0.4, 0.5) is 0 Å². The maximum absolute atomic E-state index is 4.90. The lowest BCUT2D eigenvalue weighted by atomic mass is 10.3. The van der Waals surface area contributed by atoms with E-state index in [0.29, 0.717) is 5.92 Å². The van der Waals surface area contributed by atoms with Crippen molar-refractivity contribution in [1.82, 2.24) is 0 Å². The smallest absolute Gasteiger partial charge is 0.309 e. The molecule has 0 aromatic heterocycles. The topological polar surface area (TPSA) is 0 Å². The molecule has 0 bridgehead atoms. The van der Waals surface area contributed by atoms with E-state index in [4.69, 9.17) is 18.1 Å². The van der Waals surface area contributed by atoms with Gasteiger partial charge in [-0.25, -0.2) is 0 Å². The van der Waals surface area contributed by atoms with Crippen molar-refractivity contribution in [2.75, 3.05) is 0 Å². The Morgan fingerprint density at radius 2 is 1.43 bits per heavy atom. The van der Waals surface area contributed by atoms with Crippen LogP contribution in [0.25, 0.3) is 0 Å². The van der Waals surface area contributed by atoms with Crippen molar-refractivity contribution in [3.05, 3.63) is 6.92 Å². The van der Waals surface area contributed by atoms with Gasteiger partial charge < -0.3 is 18.1 Å². The molecule has 0 unspecified atom stereocenters. The second-order valence-corrected chi connectivity index (χ2v) is 4.12. The van der Waals surface area contributed by atoms with Gasteiger partial charge in [0.2, 0.25) is 0 Å². The fourth-order valence-electron chi connectivity index (χ4n) is 0. The third kappa shape index (κ3) is 116. The normalized spacial score (nSPS) is 6.57. The summed E-state index contributed by atoms with van der Waals surface area (Å²) in [7, 11) is 9.81. The minimum atomic E-state index is -0.639. The summed E-state index contributed by atoms with van der Waals surface area (Å²) in [6.07, 6.45) is 0. The average molecular weight is 152 g/mol. The second-order valence-electron chi connectivity index (χ2n) is 1.49. The van der Waals surface area contributed by atoms with Crippen LogP contribution in [-0.4, -0.2) is 18.2 Å². The fraction of sp³-hybridized carbons (Fsp3) is 0.750. The van der Waals surface area contributed by atoms with Gasteiger partial charge in [-0.2, -0.15) is 0 Å². The van der Waals surface area contributed by atoms with Gasteiger partial charge in [-0.15, -0.1) is 0 Å². The summed E-state index contributed by atoms with van der Waals surface area (Å²) in [4.78, 5) is 0. The van der Waals surface area contributed by atoms with E-state index in [2.05, 4.69) is 20.8 Å². The third-order valence-electron chi connectivity index (χ3n) is 0. The minimum absolute atomic E-state index is 0.583. The summed E-state index contributed by atoms with van der Waals surface area (Å²) in [6, 6.07) is 0. The van der Waals surface area contributed by atoms with Crippen LogP contribution >= 0.6 is 18.1 Å². The predicted molar refractivity (Wildman–Crippen MR) is 37.7 cm³/mol. The largest absolute Gasteiger partial charge is 0.618 e. The van der Waals surface area contributed by atoms with Crippen LogP contribution in [0.1, 0.15) is 13.8 Å². The Balaban J connectivity index is 0. The Bertz CT molecular complexity index is 20.9. The molecule has 0 aliphatic heterocycles. The maximum atomic E-state index is 4.90. The molecule has 0 saturated heterocycles. The molecule has 0 rings (SSSR count). The van der Waals surface area contributed by atoms with Crippen molar-refractivity contribution < 1.29 is 0 Å². The van der Waals surface area contributed by atoms with Crippen LogP contribution in [0.3, 0.4) is 0 Å². The Hall–Kier alpha value is 1.35. The lowest BCUT2D eigenvalue weighted by Crippen LogP contribution is -1.67. The van der Waals surface area contributed by atoms with Gasteiger partial charge in [-0.05, 0) is 5.92 Å². The van der Waals surface area contributed by atoms with Gasteiger partial charge in [-0.3, -0.25) is 0 Å². The van der Waals surface area contributed by atoms with Gasteiger partial charge in [0.1, 0.15) is 0 Å². The lowest BCUT2D eigenvalue weighted by Gasteiger charge is -1.78. The molecule has 41 valence electrons. The van der Waals surface area contributed by atoms with E-state index in [1.165, 1.54) is 0 Å². The van der Waals surface area contributed by atoms with Crippen LogP contribution in [0, 0.1) is 12.8 Å². The summed E-state index contributed by atoms with van der Waals surface area (Å²) in [6.45, 7) is 7.75. The summed E-state index contributed by atoms with van der Waals surface area (Å²) in [5.74, 6) is 0.583. The molecular weight excluding hydrogens is 143 g/mol. The van der Waals surface area contributed by atoms with Crippen LogP contribution in [0.15, 0.2) is 0 Å². The number of rotatable bonds is 0. The molecule has 0 aliphatic rings. The molecule has 0 amide bonds. The molecule has 0 nitrogen and oxygen atoms in total. The van der Waals surface area contributed by atoms with E-state index in [1.807, 2.05) is 0 Å².